The van der Waals surface area contributed by atoms with Crippen molar-refractivity contribution < 1.29 is 14.3 Å². The molecule has 1 amide bonds. The van der Waals surface area contributed by atoms with Crippen molar-refractivity contribution in [3.63, 3.8) is 0 Å². The first-order valence-corrected chi connectivity index (χ1v) is 5.87. The number of rotatable bonds is 1. The number of hydrogen-bond donors (Lipinski definition) is 0. The SMILES string of the molecule is CC(C)(C)OC(=O)N1C(C=O)CC2CC1C2. The number of piperidine rings is 2. The van der Waals surface area contributed by atoms with E-state index in [0.29, 0.717) is 5.92 Å². The van der Waals surface area contributed by atoms with Crippen LogP contribution in [0.2, 0.25) is 0 Å². The van der Waals surface area contributed by atoms with E-state index in [2.05, 4.69) is 0 Å². The van der Waals surface area contributed by atoms with Crippen LogP contribution in [0.3, 0.4) is 0 Å². The quantitative estimate of drug-likeness (QED) is 0.641. The van der Waals surface area contributed by atoms with Gasteiger partial charge in [-0.1, -0.05) is 0 Å². The zero-order valence-corrected chi connectivity index (χ0v) is 10.1. The fourth-order valence-electron chi connectivity index (χ4n) is 2.57. The van der Waals surface area contributed by atoms with Gasteiger partial charge in [0.25, 0.3) is 0 Å². The van der Waals surface area contributed by atoms with E-state index >= 15 is 0 Å². The number of ether oxygens (including phenoxy) is 1. The monoisotopic (exact) mass is 225 g/mol. The molecule has 2 aliphatic heterocycles. The molecule has 1 saturated carbocycles. The van der Waals surface area contributed by atoms with Gasteiger partial charge in [-0.15, -0.1) is 0 Å². The van der Waals surface area contributed by atoms with Crippen LogP contribution in [0, 0.1) is 5.92 Å². The van der Waals surface area contributed by atoms with Crippen LogP contribution in [-0.4, -0.2) is 35.0 Å². The molecule has 0 N–H and O–H groups in total. The van der Waals surface area contributed by atoms with Crippen LogP contribution >= 0.6 is 0 Å². The Kier molecular flexibility index (Phi) is 2.68. The highest BCUT2D eigenvalue weighted by atomic mass is 16.6. The Hall–Kier alpha value is -1.06. The summed E-state index contributed by atoms with van der Waals surface area (Å²) in [7, 11) is 0. The van der Waals surface area contributed by atoms with Gasteiger partial charge >= 0.3 is 6.09 Å². The summed E-state index contributed by atoms with van der Waals surface area (Å²) in [6, 6.07) is -0.0452. The largest absolute Gasteiger partial charge is 0.444 e. The maximum atomic E-state index is 12.0. The van der Waals surface area contributed by atoms with E-state index in [4.69, 9.17) is 4.74 Å². The molecule has 2 bridgehead atoms. The van der Waals surface area contributed by atoms with Crippen LogP contribution < -0.4 is 0 Å². The molecule has 4 nitrogen and oxygen atoms in total. The average Bonchev–Trinajstić information content (AvgIpc) is 2.12. The molecule has 3 rings (SSSR count). The molecule has 0 aromatic carbocycles. The van der Waals surface area contributed by atoms with E-state index in [0.717, 1.165) is 25.5 Å². The van der Waals surface area contributed by atoms with Crippen molar-refractivity contribution in [3.05, 3.63) is 0 Å². The predicted octanol–water partition coefficient (Wildman–Crippen LogP) is 1.97. The predicted molar refractivity (Wildman–Crippen MR) is 59.1 cm³/mol. The molecule has 0 radical (unpaired) electrons. The zero-order valence-electron chi connectivity index (χ0n) is 10.1. The van der Waals surface area contributed by atoms with E-state index in [9.17, 15) is 9.59 Å². The molecule has 4 heteroatoms. The van der Waals surface area contributed by atoms with Crippen LogP contribution in [-0.2, 0) is 9.53 Å². The summed E-state index contributed by atoms with van der Waals surface area (Å²) in [6.45, 7) is 5.52. The van der Waals surface area contributed by atoms with Crippen molar-refractivity contribution in [2.24, 2.45) is 5.92 Å². The van der Waals surface area contributed by atoms with E-state index < -0.39 is 5.60 Å². The number of amides is 1. The molecule has 1 aliphatic carbocycles. The molecule has 1 atom stereocenters. The van der Waals surface area contributed by atoms with Crippen LogP contribution in [0.25, 0.3) is 0 Å². The lowest BCUT2D eigenvalue weighted by Gasteiger charge is -2.51. The summed E-state index contributed by atoms with van der Waals surface area (Å²) >= 11 is 0. The third-order valence-electron chi connectivity index (χ3n) is 3.30. The minimum Gasteiger partial charge on any atom is -0.444 e. The molecule has 16 heavy (non-hydrogen) atoms. The van der Waals surface area contributed by atoms with Gasteiger partial charge in [0.05, 0.1) is 6.04 Å². The van der Waals surface area contributed by atoms with Gasteiger partial charge in [0.1, 0.15) is 11.9 Å². The van der Waals surface area contributed by atoms with Gasteiger partial charge in [-0.3, -0.25) is 4.90 Å². The highest BCUT2D eigenvalue weighted by Gasteiger charge is 2.47. The van der Waals surface area contributed by atoms with Crippen molar-refractivity contribution in [3.8, 4) is 0 Å². The summed E-state index contributed by atoms with van der Waals surface area (Å²) in [5.41, 5.74) is -0.495. The van der Waals surface area contributed by atoms with Crippen LogP contribution in [0.1, 0.15) is 40.0 Å². The number of carbonyl (C=O) groups is 2. The lowest BCUT2D eigenvalue weighted by Crippen LogP contribution is -2.60. The molecule has 3 aliphatic rings. The Morgan fingerprint density at radius 1 is 1.31 bits per heavy atom. The second-order valence-electron chi connectivity index (χ2n) is 5.82. The smallest absolute Gasteiger partial charge is 0.411 e. The first-order chi connectivity index (χ1) is 7.40. The summed E-state index contributed by atoms with van der Waals surface area (Å²) in [6.07, 6.45) is 3.40. The maximum Gasteiger partial charge on any atom is 0.411 e. The van der Waals surface area contributed by atoms with Gasteiger partial charge in [-0.05, 0) is 46.0 Å². The van der Waals surface area contributed by atoms with E-state index in [-0.39, 0.29) is 18.2 Å². The summed E-state index contributed by atoms with van der Waals surface area (Å²) < 4.78 is 5.33. The summed E-state index contributed by atoms with van der Waals surface area (Å²) in [4.78, 5) is 24.6. The highest BCUT2D eigenvalue weighted by molar-refractivity contribution is 5.75. The Labute approximate surface area is 95.9 Å². The van der Waals surface area contributed by atoms with Crippen molar-refractivity contribution in [1.29, 1.82) is 0 Å². The average molecular weight is 225 g/mol. The van der Waals surface area contributed by atoms with Gasteiger partial charge in [-0.2, -0.15) is 0 Å². The first kappa shape index (κ1) is 11.4. The highest BCUT2D eigenvalue weighted by Crippen LogP contribution is 2.42. The summed E-state index contributed by atoms with van der Waals surface area (Å²) in [5.74, 6) is 0.638. The second kappa shape index (κ2) is 3.75. The molecule has 0 aromatic rings. The number of nitrogens with zero attached hydrogens (tertiary/aromatic N) is 1. The normalized spacial score (nSPS) is 32.9. The fraction of sp³-hybridized carbons (Fsp3) is 0.833. The Morgan fingerprint density at radius 2 is 1.94 bits per heavy atom. The maximum absolute atomic E-state index is 12.0. The minimum atomic E-state index is -0.495. The standard InChI is InChI=1S/C12H19NO3/c1-12(2,3)16-11(15)13-9-4-8(5-9)6-10(13)7-14/h7-10H,4-6H2,1-3H3. The number of carbonyl (C=O) groups excluding carboxylic acids is 2. The van der Waals surface area contributed by atoms with E-state index in [1.165, 1.54) is 0 Å². The Balaban J connectivity index is 2.05. The molecule has 1 unspecified atom stereocenters. The third-order valence-corrected chi connectivity index (χ3v) is 3.30. The topological polar surface area (TPSA) is 46.6 Å². The van der Waals surface area contributed by atoms with Crippen LogP contribution in [0.4, 0.5) is 4.79 Å². The first-order valence-electron chi connectivity index (χ1n) is 5.87. The van der Waals surface area contributed by atoms with Gasteiger partial charge in [0.15, 0.2) is 0 Å². The molecule has 2 saturated heterocycles. The van der Waals surface area contributed by atoms with Gasteiger partial charge in [0, 0.05) is 6.04 Å². The third kappa shape index (κ3) is 2.06. The summed E-state index contributed by atoms with van der Waals surface area (Å²) in [5, 5.41) is 0. The van der Waals surface area contributed by atoms with Crippen molar-refractivity contribution in [1.82, 2.24) is 4.90 Å². The molecule has 0 spiro atoms. The lowest BCUT2D eigenvalue weighted by atomic mass is 9.71. The second-order valence-corrected chi connectivity index (χ2v) is 5.82. The lowest BCUT2D eigenvalue weighted by molar-refractivity contribution is -0.120. The van der Waals surface area contributed by atoms with Crippen molar-refractivity contribution in [2.75, 3.05) is 0 Å². The van der Waals surface area contributed by atoms with E-state index in [1.807, 2.05) is 20.8 Å². The minimum absolute atomic E-state index is 0.226. The number of hydrogen-bond acceptors (Lipinski definition) is 3. The van der Waals surface area contributed by atoms with Crippen molar-refractivity contribution in [2.45, 2.75) is 57.7 Å². The molecular weight excluding hydrogens is 206 g/mol. The van der Waals surface area contributed by atoms with Crippen molar-refractivity contribution >= 4 is 12.4 Å². The van der Waals surface area contributed by atoms with Gasteiger partial charge in [0.2, 0.25) is 0 Å². The molecule has 0 aromatic heterocycles. The molecule has 90 valence electrons. The Morgan fingerprint density at radius 3 is 2.44 bits per heavy atom. The zero-order chi connectivity index (χ0) is 11.9. The van der Waals surface area contributed by atoms with Gasteiger partial charge in [-0.25, -0.2) is 4.79 Å². The molecule has 3 fully saturated rings. The van der Waals surface area contributed by atoms with E-state index in [1.54, 1.807) is 4.90 Å². The molecular formula is C12H19NO3. The molecule has 2 heterocycles. The van der Waals surface area contributed by atoms with Crippen LogP contribution in [0.5, 0.6) is 0 Å². The number of fused-ring (bicyclic) bond motifs is 2. The van der Waals surface area contributed by atoms with Gasteiger partial charge < -0.3 is 9.53 Å². The van der Waals surface area contributed by atoms with Crippen LogP contribution in [0.15, 0.2) is 0 Å². The number of aldehydes is 1. The Bertz CT molecular complexity index is 302. The fourth-order valence-corrected chi connectivity index (χ4v) is 2.57.